The number of ether oxygens (including phenoxy) is 2. The van der Waals surface area contributed by atoms with Gasteiger partial charge in [-0.25, -0.2) is 4.98 Å². The van der Waals surface area contributed by atoms with Crippen LogP contribution in [0.1, 0.15) is 32.8 Å². The van der Waals surface area contributed by atoms with Gasteiger partial charge in [0.15, 0.2) is 0 Å². The van der Waals surface area contributed by atoms with Crippen LogP contribution in [0.3, 0.4) is 0 Å². The summed E-state index contributed by atoms with van der Waals surface area (Å²) in [6, 6.07) is 10.9. The van der Waals surface area contributed by atoms with Gasteiger partial charge >= 0.3 is 5.97 Å². The first-order valence-electron chi connectivity index (χ1n) is 7.45. The molecule has 0 aliphatic heterocycles. The zero-order chi connectivity index (χ0) is 16.9. The number of carboxylic acid groups (broad SMARTS) is 1. The third-order valence-corrected chi connectivity index (χ3v) is 2.88. The van der Waals surface area contributed by atoms with Crippen molar-refractivity contribution in [3.63, 3.8) is 0 Å². The van der Waals surface area contributed by atoms with E-state index >= 15 is 0 Å². The Hall–Kier alpha value is -2.56. The average Bonchev–Trinajstić information content (AvgIpc) is 2.44. The van der Waals surface area contributed by atoms with Gasteiger partial charge in [0, 0.05) is 18.7 Å². The summed E-state index contributed by atoms with van der Waals surface area (Å²) in [5, 5.41) is 8.75. The summed E-state index contributed by atoms with van der Waals surface area (Å²) in [4.78, 5) is 14.8. The maximum absolute atomic E-state index is 10.6. The first-order chi connectivity index (χ1) is 10.8. The molecule has 0 saturated carbocycles. The molecule has 23 heavy (non-hydrogen) atoms. The Morgan fingerprint density at radius 1 is 1.17 bits per heavy atom. The van der Waals surface area contributed by atoms with Gasteiger partial charge in [-0.1, -0.05) is 12.1 Å². The van der Waals surface area contributed by atoms with Gasteiger partial charge in [0.25, 0.3) is 0 Å². The van der Waals surface area contributed by atoms with E-state index in [2.05, 4.69) is 4.98 Å². The highest BCUT2D eigenvalue weighted by Crippen LogP contribution is 2.26. The number of aromatic nitrogens is 1. The second kappa shape index (κ2) is 7.13. The minimum atomic E-state index is -0.811. The number of benzene rings is 1. The lowest BCUT2D eigenvalue weighted by Gasteiger charge is -2.20. The largest absolute Gasteiger partial charge is 0.481 e. The van der Waals surface area contributed by atoms with Crippen molar-refractivity contribution in [1.82, 2.24) is 4.98 Å². The quantitative estimate of drug-likeness (QED) is 0.870. The minimum Gasteiger partial charge on any atom is -0.481 e. The topological polar surface area (TPSA) is 68.7 Å². The molecule has 1 heterocycles. The van der Waals surface area contributed by atoms with Gasteiger partial charge in [-0.2, -0.15) is 0 Å². The zero-order valence-corrected chi connectivity index (χ0v) is 13.6. The van der Waals surface area contributed by atoms with Crippen molar-refractivity contribution in [1.29, 1.82) is 0 Å². The Kier molecular flexibility index (Phi) is 5.21. The predicted molar refractivity (Wildman–Crippen MR) is 87.1 cm³/mol. The molecule has 0 spiro atoms. The SMILES string of the molecule is CC(C)(C)Oc1cc(Oc2cccc(CCC(=O)O)c2)ccn1. The number of hydrogen-bond acceptors (Lipinski definition) is 4. The van der Waals surface area contributed by atoms with Crippen LogP contribution in [0.2, 0.25) is 0 Å². The monoisotopic (exact) mass is 315 g/mol. The molecule has 0 fully saturated rings. The van der Waals surface area contributed by atoms with Crippen molar-refractivity contribution >= 4 is 5.97 Å². The summed E-state index contributed by atoms with van der Waals surface area (Å²) in [6.45, 7) is 5.86. The van der Waals surface area contributed by atoms with Crippen molar-refractivity contribution in [3.05, 3.63) is 48.2 Å². The van der Waals surface area contributed by atoms with Crippen molar-refractivity contribution in [3.8, 4) is 17.4 Å². The van der Waals surface area contributed by atoms with Gasteiger partial charge in [0.05, 0.1) is 0 Å². The fourth-order valence-electron chi connectivity index (χ4n) is 1.98. The van der Waals surface area contributed by atoms with E-state index in [-0.39, 0.29) is 12.0 Å². The van der Waals surface area contributed by atoms with Crippen molar-refractivity contribution in [2.75, 3.05) is 0 Å². The van der Waals surface area contributed by atoms with Crippen LogP contribution >= 0.6 is 0 Å². The molecule has 0 aliphatic rings. The second-order valence-electron chi connectivity index (χ2n) is 6.19. The van der Waals surface area contributed by atoms with Crippen molar-refractivity contribution in [2.24, 2.45) is 0 Å². The fraction of sp³-hybridized carbons (Fsp3) is 0.333. The van der Waals surface area contributed by atoms with Gasteiger partial charge in [0.1, 0.15) is 17.1 Å². The lowest BCUT2D eigenvalue weighted by Crippen LogP contribution is -2.23. The number of nitrogens with zero attached hydrogens (tertiary/aromatic N) is 1. The molecule has 0 atom stereocenters. The van der Waals surface area contributed by atoms with Gasteiger partial charge in [-0.3, -0.25) is 4.79 Å². The molecule has 5 heteroatoms. The van der Waals surface area contributed by atoms with E-state index in [1.807, 2.05) is 45.0 Å². The number of rotatable bonds is 6. The molecule has 0 bridgehead atoms. The van der Waals surface area contributed by atoms with Gasteiger partial charge in [-0.05, 0) is 51.0 Å². The molecule has 2 aromatic rings. The summed E-state index contributed by atoms with van der Waals surface area (Å²) in [5.74, 6) is 0.960. The smallest absolute Gasteiger partial charge is 0.303 e. The number of pyridine rings is 1. The van der Waals surface area contributed by atoms with Crippen LogP contribution in [0.4, 0.5) is 0 Å². The van der Waals surface area contributed by atoms with E-state index in [0.717, 1.165) is 5.56 Å². The van der Waals surface area contributed by atoms with Crippen LogP contribution in [0.15, 0.2) is 42.6 Å². The van der Waals surface area contributed by atoms with E-state index in [0.29, 0.717) is 23.8 Å². The van der Waals surface area contributed by atoms with Gasteiger partial charge in [0.2, 0.25) is 5.88 Å². The molecule has 2 rings (SSSR count). The minimum absolute atomic E-state index is 0.0995. The predicted octanol–water partition coefficient (Wildman–Crippen LogP) is 4.07. The number of aliphatic carboxylic acids is 1. The Balaban J connectivity index is 2.08. The molecule has 0 saturated heterocycles. The summed E-state index contributed by atoms with van der Waals surface area (Å²) in [6.07, 6.45) is 2.20. The molecular formula is C18H21NO4. The van der Waals surface area contributed by atoms with Crippen LogP contribution in [0, 0.1) is 0 Å². The van der Waals surface area contributed by atoms with Crippen LogP contribution in [-0.4, -0.2) is 21.7 Å². The molecule has 122 valence electrons. The molecule has 0 radical (unpaired) electrons. The van der Waals surface area contributed by atoms with Crippen LogP contribution in [0.5, 0.6) is 17.4 Å². The highest BCUT2D eigenvalue weighted by atomic mass is 16.5. The van der Waals surface area contributed by atoms with Gasteiger partial charge in [-0.15, -0.1) is 0 Å². The Bertz CT molecular complexity index is 677. The number of carboxylic acids is 1. The zero-order valence-electron chi connectivity index (χ0n) is 13.6. The summed E-state index contributed by atoms with van der Waals surface area (Å²) >= 11 is 0. The second-order valence-corrected chi connectivity index (χ2v) is 6.19. The first kappa shape index (κ1) is 16.8. The van der Waals surface area contributed by atoms with E-state index in [1.54, 1.807) is 18.3 Å². The Labute approximate surface area is 135 Å². The van der Waals surface area contributed by atoms with Crippen molar-refractivity contribution in [2.45, 2.75) is 39.2 Å². The summed E-state index contributed by atoms with van der Waals surface area (Å²) < 4.78 is 11.5. The maximum Gasteiger partial charge on any atom is 0.303 e. The molecule has 5 nitrogen and oxygen atoms in total. The lowest BCUT2D eigenvalue weighted by atomic mass is 10.1. The highest BCUT2D eigenvalue weighted by molar-refractivity contribution is 5.67. The van der Waals surface area contributed by atoms with E-state index in [1.165, 1.54) is 0 Å². The molecule has 1 N–H and O–H groups in total. The van der Waals surface area contributed by atoms with Crippen LogP contribution < -0.4 is 9.47 Å². The molecule has 0 unspecified atom stereocenters. The molecule has 1 aromatic carbocycles. The maximum atomic E-state index is 10.6. The van der Waals surface area contributed by atoms with Crippen LogP contribution in [-0.2, 0) is 11.2 Å². The third kappa shape index (κ3) is 5.98. The average molecular weight is 315 g/mol. The standard InChI is InChI=1S/C18H21NO4/c1-18(2,3)23-16-12-15(9-10-19-16)22-14-6-4-5-13(11-14)7-8-17(20)21/h4-6,9-12H,7-8H2,1-3H3,(H,20,21). The highest BCUT2D eigenvalue weighted by Gasteiger charge is 2.13. The first-order valence-corrected chi connectivity index (χ1v) is 7.45. The van der Waals surface area contributed by atoms with E-state index < -0.39 is 5.97 Å². The fourth-order valence-corrected chi connectivity index (χ4v) is 1.98. The third-order valence-electron chi connectivity index (χ3n) is 2.88. The summed E-state index contributed by atoms with van der Waals surface area (Å²) in [5.41, 5.74) is 0.590. The van der Waals surface area contributed by atoms with Gasteiger partial charge < -0.3 is 14.6 Å². The summed E-state index contributed by atoms with van der Waals surface area (Å²) in [7, 11) is 0. The normalized spacial score (nSPS) is 11.1. The molecule has 0 aliphatic carbocycles. The Morgan fingerprint density at radius 2 is 1.91 bits per heavy atom. The van der Waals surface area contributed by atoms with E-state index in [9.17, 15) is 4.79 Å². The number of hydrogen-bond donors (Lipinski definition) is 1. The van der Waals surface area contributed by atoms with E-state index in [4.69, 9.17) is 14.6 Å². The van der Waals surface area contributed by atoms with Crippen molar-refractivity contribution < 1.29 is 19.4 Å². The Morgan fingerprint density at radius 3 is 2.61 bits per heavy atom. The number of carbonyl (C=O) groups is 1. The lowest BCUT2D eigenvalue weighted by molar-refractivity contribution is -0.136. The number of aryl methyl sites for hydroxylation is 1. The van der Waals surface area contributed by atoms with Crippen LogP contribution in [0.25, 0.3) is 0 Å². The molecule has 0 amide bonds. The molecule has 1 aromatic heterocycles. The molecular weight excluding hydrogens is 294 g/mol.